The average Bonchev–Trinajstić information content (AvgIpc) is 3.19. The number of halogens is 1. The molecule has 4 heterocycles. The van der Waals surface area contributed by atoms with E-state index in [2.05, 4.69) is 9.88 Å². The Morgan fingerprint density at radius 2 is 2.17 bits per heavy atom. The van der Waals surface area contributed by atoms with Crippen LogP contribution in [0.2, 0.25) is 5.02 Å². The Hall–Kier alpha value is -1.82. The molecule has 1 aromatic heterocycles. The summed E-state index contributed by atoms with van der Waals surface area (Å²) in [6, 6.07) is 3.37. The summed E-state index contributed by atoms with van der Waals surface area (Å²) in [4.78, 5) is 35.1. The van der Waals surface area contributed by atoms with E-state index in [9.17, 15) is 9.59 Å². The maximum atomic E-state index is 12.8. The molecule has 2 atom stereocenters. The van der Waals surface area contributed by atoms with E-state index >= 15 is 0 Å². The predicted octanol–water partition coefficient (Wildman–Crippen LogP) is 2.13. The summed E-state index contributed by atoms with van der Waals surface area (Å²) in [5.41, 5.74) is -0.632. The molecule has 3 aliphatic rings. The van der Waals surface area contributed by atoms with Crippen LogP contribution in [0.25, 0.3) is 0 Å². The minimum atomic E-state index is -0.632. The Labute approximate surface area is 140 Å². The zero-order valence-corrected chi connectivity index (χ0v) is 13.8. The molecule has 0 saturated carbocycles. The molecule has 1 aromatic rings. The molecule has 122 valence electrons. The van der Waals surface area contributed by atoms with E-state index in [0.29, 0.717) is 18.1 Å². The number of carbonyl (C=O) groups is 2. The normalized spacial score (nSPS) is 30.5. The fourth-order valence-corrected chi connectivity index (χ4v) is 4.29. The predicted molar refractivity (Wildman–Crippen MR) is 86.5 cm³/mol. The molecule has 3 amide bonds. The van der Waals surface area contributed by atoms with Gasteiger partial charge in [0.15, 0.2) is 0 Å². The van der Waals surface area contributed by atoms with Gasteiger partial charge in [-0.2, -0.15) is 0 Å². The molecule has 0 bridgehead atoms. The van der Waals surface area contributed by atoms with Crippen LogP contribution >= 0.6 is 11.6 Å². The van der Waals surface area contributed by atoms with Crippen LogP contribution < -0.4 is 4.90 Å². The highest BCUT2D eigenvalue weighted by Crippen LogP contribution is 2.39. The van der Waals surface area contributed by atoms with E-state index in [0.717, 1.165) is 31.6 Å². The fraction of sp³-hybridized carbons (Fsp3) is 0.562. The third kappa shape index (κ3) is 2.04. The van der Waals surface area contributed by atoms with E-state index in [4.69, 9.17) is 11.6 Å². The molecule has 0 N–H and O–H groups in total. The number of hydrogen-bond donors (Lipinski definition) is 0. The van der Waals surface area contributed by atoms with Gasteiger partial charge in [-0.25, -0.2) is 9.78 Å². The number of hydrogen-bond acceptors (Lipinski definition) is 4. The lowest BCUT2D eigenvalue weighted by Gasteiger charge is -2.24. The van der Waals surface area contributed by atoms with E-state index in [1.165, 1.54) is 4.90 Å². The van der Waals surface area contributed by atoms with E-state index in [1.54, 1.807) is 23.2 Å². The Kier molecular flexibility index (Phi) is 3.27. The van der Waals surface area contributed by atoms with Crippen molar-refractivity contribution >= 4 is 29.4 Å². The second-order valence-corrected chi connectivity index (χ2v) is 7.09. The monoisotopic (exact) mass is 334 g/mol. The van der Waals surface area contributed by atoms with Crippen molar-refractivity contribution in [2.24, 2.45) is 0 Å². The fourth-order valence-electron chi connectivity index (χ4n) is 4.05. The quantitative estimate of drug-likeness (QED) is 0.777. The number of amides is 3. The standard InChI is InChI=1S/C16H19ClN4O2/c1-16-6-3-8-20(16)15(23)21(14(16)22)11-5-9-19(10-11)13-12(17)4-2-7-18-13/h2,4,7,11H,3,5-6,8-10H2,1H3/t11?,16-/m0/s1. The Morgan fingerprint density at radius 3 is 2.91 bits per heavy atom. The molecule has 1 unspecified atom stereocenters. The van der Waals surface area contributed by atoms with Gasteiger partial charge < -0.3 is 9.80 Å². The summed E-state index contributed by atoms with van der Waals surface area (Å²) in [6.45, 7) is 3.91. The van der Waals surface area contributed by atoms with Gasteiger partial charge in [0.25, 0.3) is 5.91 Å². The highest BCUT2D eigenvalue weighted by Gasteiger charge is 2.58. The van der Waals surface area contributed by atoms with Gasteiger partial charge in [0.1, 0.15) is 11.4 Å². The largest absolute Gasteiger partial charge is 0.353 e. The molecular weight excluding hydrogens is 316 g/mol. The lowest BCUT2D eigenvalue weighted by molar-refractivity contribution is -0.133. The minimum Gasteiger partial charge on any atom is -0.353 e. The second-order valence-electron chi connectivity index (χ2n) is 6.68. The van der Waals surface area contributed by atoms with Crippen molar-refractivity contribution in [1.29, 1.82) is 0 Å². The van der Waals surface area contributed by atoms with E-state index < -0.39 is 5.54 Å². The van der Waals surface area contributed by atoms with Gasteiger partial charge in [-0.05, 0) is 38.3 Å². The Bertz CT molecular complexity index is 682. The molecule has 7 heteroatoms. The average molecular weight is 335 g/mol. The molecule has 0 radical (unpaired) electrons. The van der Waals surface area contributed by atoms with Crippen molar-refractivity contribution in [3.05, 3.63) is 23.4 Å². The molecule has 0 aromatic carbocycles. The first kappa shape index (κ1) is 14.8. The number of imide groups is 1. The summed E-state index contributed by atoms with van der Waals surface area (Å²) in [5.74, 6) is 0.682. The second kappa shape index (κ2) is 5.09. The SMILES string of the molecule is C[C@@]12CCCN1C(=O)N(C1CCN(c3ncccc3Cl)C1)C2=O. The van der Waals surface area contributed by atoms with Crippen molar-refractivity contribution in [3.8, 4) is 0 Å². The van der Waals surface area contributed by atoms with Gasteiger partial charge in [-0.15, -0.1) is 0 Å². The number of urea groups is 1. The van der Waals surface area contributed by atoms with Crippen molar-refractivity contribution in [3.63, 3.8) is 0 Å². The minimum absolute atomic E-state index is 0.0426. The van der Waals surface area contributed by atoms with Gasteiger partial charge in [0.05, 0.1) is 11.1 Å². The zero-order chi connectivity index (χ0) is 16.2. The van der Waals surface area contributed by atoms with Crippen LogP contribution in [0.4, 0.5) is 10.6 Å². The maximum Gasteiger partial charge on any atom is 0.327 e. The van der Waals surface area contributed by atoms with Crippen LogP contribution in [-0.2, 0) is 4.79 Å². The first-order valence-electron chi connectivity index (χ1n) is 8.03. The molecule has 3 saturated heterocycles. The molecule has 4 rings (SSSR count). The first-order chi connectivity index (χ1) is 11.0. The number of carbonyl (C=O) groups excluding carboxylic acids is 2. The Balaban J connectivity index is 1.56. The van der Waals surface area contributed by atoms with Crippen LogP contribution in [0.1, 0.15) is 26.2 Å². The highest BCUT2D eigenvalue weighted by atomic mass is 35.5. The summed E-state index contributed by atoms with van der Waals surface area (Å²) < 4.78 is 0. The molecule has 6 nitrogen and oxygen atoms in total. The number of pyridine rings is 1. The number of aromatic nitrogens is 1. The maximum absolute atomic E-state index is 12.8. The summed E-state index contributed by atoms with van der Waals surface area (Å²) in [6.07, 6.45) is 4.13. The molecule has 0 spiro atoms. The lowest BCUT2D eigenvalue weighted by Crippen LogP contribution is -2.45. The summed E-state index contributed by atoms with van der Waals surface area (Å²) in [7, 11) is 0. The van der Waals surface area contributed by atoms with Crippen LogP contribution in [-0.4, -0.2) is 57.9 Å². The van der Waals surface area contributed by atoms with Crippen LogP contribution in [0.3, 0.4) is 0 Å². The summed E-state index contributed by atoms with van der Waals surface area (Å²) in [5, 5.41) is 0.597. The van der Waals surface area contributed by atoms with Gasteiger partial charge in [-0.3, -0.25) is 9.69 Å². The van der Waals surface area contributed by atoms with Crippen molar-refractivity contribution in [2.75, 3.05) is 24.5 Å². The third-order valence-electron chi connectivity index (χ3n) is 5.32. The molecule has 3 fully saturated rings. The molecule has 0 aliphatic carbocycles. The van der Waals surface area contributed by atoms with Gasteiger partial charge in [0, 0.05) is 25.8 Å². The third-order valence-corrected chi connectivity index (χ3v) is 5.62. The summed E-state index contributed by atoms with van der Waals surface area (Å²) >= 11 is 6.21. The number of anilines is 1. The van der Waals surface area contributed by atoms with Gasteiger partial charge >= 0.3 is 6.03 Å². The van der Waals surface area contributed by atoms with Crippen molar-refractivity contribution in [2.45, 2.75) is 37.8 Å². The zero-order valence-electron chi connectivity index (χ0n) is 13.0. The Morgan fingerprint density at radius 1 is 1.35 bits per heavy atom. The van der Waals surface area contributed by atoms with Crippen molar-refractivity contribution < 1.29 is 9.59 Å². The van der Waals surface area contributed by atoms with Crippen LogP contribution in [0, 0.1) is 0 Å². The first-order valence-corrected chi connectivity index (χ1v) is 8.41. The molecular formula is C16H19ClN4O2. The lowest BCUT2D eigenvalue weighted by atomic mass is 9.99. The smallest absolute Gasteiger partial charge is 0.327 e. The van der Waals surface area contributed by atoms with Crippen LogP contribution in [0.5, 0.6) is 0 Å². The van der Waals surface area contributed by atoms with Crippen molar-refractivity contribution in [1.82, 2.24) is 14.8 Å². The van der Waals surface area contributed by atoms with Gasteiger partial charge in [-0.1, -0.05) is 11.6 Å². The highest BCUT2D eigenvalue weighted by molar-refractivity contribution is 6.32. The van der Waals surface area contributed by atoms with Crippen LogP contribution in [0.15, 0.2) is 18.3 Å². The van der Waals surface area contributed by atoms with E-state index in [-0.39, 0.29) is 18.0 Å². The van der Waals surface area contributed by atoms with E-state index in [1.807, 2.05) is 6.92 Å². The molecule has 23 heavy (non-hydrogen) atoms. The number of rotatable bonds is 2. The molecule has 3 aliphatic heterocycles. The topological polar surface area (TPSA) is 56.8 Å². The van der Waals surface area contributed by atoms with Gasteiger partial charge in [0.2, 0.25) is 0 Å². The number of nitrogens with zero attached hydrogens (tertiary/aromatic N) is 4. The number of fused-ring (bicyclic) bond motifs is 1.